The van der Waals surface area contributed by atoms with Gasteiger partial charge in [-0.1, -0.05) is 18.2 Å². The van der Waals surface area contributed by atoms with Gasteiger partial charge in [0.15, 0.2) is 0 Å². The molecule has 0 saturated heterocycles. The van der Waals surface area contributed by atoms with E-state index in [4.69, 9.17) is 0 Å². The van der Waals surface area contributed by atoms with Crippen LogP contribution in [0.3, 0.4) is 0 Å². The number of nitrogens with one attached hydrogen (secondary N) is 2. The summed E-state index contributed by atoms with van der Waals surface area (Å²) in [5.74, 6) is 0.126. The van der Waals surface area contributed by atoms with E-state index >= 15 is 0 Å². The molecule has 1 atom stereocenters. The maximum absolute atomic E-state index is 12.7. The summed E-state index contributed by atoms with van der Waals surface area (Å²) in [7, 11) is 1.91. The summed E-state index contributed by atoms with van der Waals surface area (Å²) in [6, 6.07) is 10.1. The number of anilines is 1. The number of carbonyl (C=O) groups is 1. The molecular formula is C17H20N2OS. The van der Waals surface area contributed by atoms with Gasteiger partial charge in [-0.2, -0.15) is 0 Å². The predicted molar refractivity (Wildman–Crippen MR) is 87.8 cm³/mol. The van der Waals surface area contributed by atoms with Crippen LogP contribution in [0.4, 0.5) is 5.69 Å². The molecule has 3 rings (SSSR count). The van der Waals surface area contributed by atoms with E-state index in [9.17, 15) is 4.79 Å². The van der Waals surface area contributed by atoms with Crippen molar-refractivity contribution >= 4 is 22.9 Å². The summed E-state index contributed by atoms with van der Waals surface area (Å²) >= 11 is 1.77. The number of thiophene rings is 1. The lowest BCUT2D eigenvalue weighted by Gasteiger charge is -2.22. The van der Waals surface area contributed by atoms with Crippen LogP contribution in [0.1, 0.15) is 34.8 Å². The Labute approximate surface area is 129 Å². The van der Waals surface area contributed by atoms with E-state index in [2.05, 4.69) is 22.1 Å². The monoisotopic (exact) mass is 300 g/mol. The van der Waals surface area contributed by atoms with E-state index in [1.165, 1.54) is 10.4 Å². The van der Waals surface area contributed by atoms with Gasteiger partial charge in [-0.25, -0.2) is 0 Å². The Kier molecular flexibility index (Phi) is 4.36. The molecule has 110 valence electrons. The summed E-state index contributed by atoms with van der Waals surface area (Å²) in [5, 5.41) is 8.36. The molecule has 2 aromatic rings. The van der Waals surface area contributed by atoms with Gasteiger partial charge < -0.3 is 10.6 Å². The molecule has 1 unspecified atom stereocenters. The minimum Gasteiger partial charge on any atom is -0.325 e. The lowest BCUT2D eigenvalue weighted by molar-refractivity contribution is -0.117. The first kappa shape index (κ1) is 14.3. The first-order valence-electron chi connectivity index (χ1n) is 7.39. The maximum Gasteiger partial charge on any atom is 0.231 e. The van der Waals surface area contributed by atoms with Gasteiger partial charge in [-0.15, -0.1) is 11.3 Å². The van der Waals surface area contributed by atoms with Gasteiger partial charge in [0.1, 0.15) is 0 Å². The number of amides is 1. The molecule has 1 aliphatic carbocycles. The van der Waals surface area contributed by atoms with Gasteiger partial charge in [0.25, 0.3) is 0 Å². The zero-order valence-corrected chi connectivity index (χ0v) is 13.0. The molecule has 1 aromatic heterocycles. The molecule has 1 aromatic carbocycles. The van der Waals surface area contributed by atoms with Crippen molar-refractivity contribution < 1.29 is 4.79 Å². The number of para-hydroxylation sites is 1. The van der Waals surface area contributed by atoms with Crippen LogP contribution in [-0.2, 0) is 17.8 Å². The zero-order chi connectivity index (χ0) is 14.7. The summed E-state index contributed by atoms with van der Waals surface area (Å²) in [6.07, 6.45) is 3.17. The van der Waals surface area contributed by atoms with Crippen molar-refractivity contribution in [3.05, 3.63) is 51.7 Å². The standard InChI is InChI=1S/C17H20N2OS/c1-18-11-12-5-2-3-7-15(12)19-17(20)14-6-4-8-16-13(14)9-10-21-16/h2-3,5,7,9-10,14,18H,4,6,8,11H2,1H3,(H,19,20). The largest absolute Gasteiger partial charge is 0.325 e. The summed E-state index contributed by atoms with van der Waals surface area (Å²) in [5.41, 5.74) is 3.27. The number of carbonyl (C=O) groups excluding carboxylic acids is 1. The number of hydrogen-bond donors (Lipinski definition) is 2. The Morgan fingerprint density at radius 3 is 3.05 bits per heavy atom. The fraction of sp³-hybridized carbons (Fsp3) is 0.353. The van der Waals surface area contributed by atoms with Gasteiger partial charge in [0.2, 0.25) is 5.91 Å². The summed E-state index contributed by atoms with van der Waals surface area (Å²) in [6.45, 7) is 0.755. The van der Waals surface area contributed by atoms with E-state index in [1.807, 2.05) is 31.3 Å². The van der Waals surface area contributed by atoms with Crippen molar-refractivity contribution in [2.75, 3.05) is 12.4 Å². The van der Waals surface area contributed by atoms with Crippen LogP contribution in [0.15, 0.2) is 35.7 Å². The molecule has 0 spiro atoms. The van der Waals surface area contributed by atoms with Crippen molar-refractivity contribution in [2.24, 2.45) is 0 Å². The Morgan fingerprint density at radius 1 is 1.33 bits per heavy atom. The quantitative estimate of drug-likeness (QED) is 0.907. The highest BCUT2D eigenvalue weighted by atomic mass is 32.1. The van der Waals surface area contributed by atoms with Crippen molar-refractivity contribution in [1.29, 1.82) is 0 Å². The molecule has 3 nitrogen and oxygen atoms in total. The molecular weight excluding hydrogens is 280 g/mol. The second-order valence-electron chi connectivity index (χ2n) is 5.42. The SMILES string of the molecule is CNCc1ccccc1NC(=O)C1CCCc2sccc21. The second-order valence-corrected chi connectivity index (χ2v) is 6.42. The van der Waals surface area contributed by atoms with Crippen molar-refractivity contribution in [2.45, 2.75) is 31.7 Å². The van der Waals surface area contributed by atoms with Gasteiger partial charge in [0, 0.05) is 17.1 Å². The Balaban J connectivity index is 1.79. The molecule has 1 heterocycles. The van der Waals surface area contributed by atoms with Gasteiger partial charge in [-0.3, -0.25) is 4.79 Å². The third-order valence-electron chi connectivity index (χ3n) is 4.01. The van der Waals surface area contributed by atoms with E-state index in [1.54, 1.807) is 11.3 Å². The number of rotatable bonds is 4. The Morgan fingerprint density at radius 2 is 2.19 bits per heavy atom. The second kappa shape index (κ2) is 6.41. The molecule has 0 fully saturated rings. The summed E-state index contributed by atoms with van der Waals surface area (Å²) < 4.78 is 0. The molecule has 1 amide bonds. The van der Waals surface area contributed by atoms with Crippen molar-refractivity contribution in [3.63, 3.8) is 0 Å². The van der Waals surface area contributed by atoms with Gasteiger partial charge in [0.05, 0.1) is 5.92 Å². The van der Waals surface area contributed by atoms with Crippen molar-refractivity contribution in [1.82, 2.24) is 5.32 Å². The lowest BCUT2D eigenvalue weighted by Crippen LogP contribution is -2.24. The molecule has 0 saturated carbocycles. The first-order valence-corrected chi connectivity index (χ1v) is 8.27. The van der Waals surface area contributed by atoms with Crippen LogP contribution in [0.2, 0.25) is 0 Å². The van der Waals surface area contributed by atoms with Crippen LogP contribution < -0.4 is 10.6 Å². The van der Waals surface area contributed by atoms with Crippen LogP contribution in [0.25, 0.3) is 0 Å². The third kappa shape index (κ3) is 3.01. The predicted octanol–water partition coefficient (Wildman–Crippen LogP) is 3.53. The highest BCUT2D eigenvalue weighted by molar-refractivity contribution is 7.10. The number of fused-ring (bicyclic) bond motifs is 1. The van der Waals surface area contributed by atoms with Crippen LogP contribution in [0.5, 0.6) is 0 Å². The maximum atomic E-state index is 12.7. The lowest BCUT2D eigenvalue weighted by atomic mass is 9.87. The molecule has 4 heteroatoms. The van der Waals surface area contributed by atoms with Crippen LogP contribution in [0, 0.1) is 0 Å². The molecule has 21 heavy (non-hydrogen) atoms. The fourth-order valence-corrected chi connectivity index (χ4v) is 3.95. The smallest absolute Gasteiger partial charge is 0.231 e. The number of hydrogen-bond acceptors (Lipinski definition) is 3. The van der Waals surface area contributed by atoms with Gasteiger partial charge >= 0.3 is 0 Å². The van der Waals surface area contributed by atoms with Crippen LogP contribution >= 0.6 is 11.3 Å². The minimum atomic E-state index is 0.00245. The highest BCUT2D eigenvalue weighted by Gasteiger charge is 2.27. The average molecular weight is 300 g/mol. The van der Waals surface area contributed by atoms with E-state index in [-0.39, 0.29) is 11.8 Å². The third-order valence-corrected chi connectivity index (χ3v) is 5.01. The zero-order valence-electron chi connectivity index (χ0n) is 12.2. The fourth-order valence-electron chi connectivity index (χ4n) is 2.97. The van der Waals surface area contributed by atoms with Crippen LogP contribution in [-0.4, -0.2) is 13.0 Å². The molecule has 0 radical (unpaired) electrons. The van der Waals surface area contributed by atoms with E-state index in [0.29, 0.717) is 0 Å². The topological polar surface area (TPSA) is 41.1 Å². The summed E-state index contributed by atoms with van der Waals surface area (Å²) in [4.78, 5) is 14.0. The minimum absolute atomic E-state index is 0.00245. The van der Waals surface area contributed by atoms with E-state index in [0.717, 1.165) is 37.1 Å². The first-order chi connectivity index (χ1) is 10.3. The Hall–Kier alpha value is -1.65. The molecule has 0 aliphatic heterocycles. The number of benzene rings is 1. The Bertz CT molecular complexity index is 635. The van der Waals surface area contributed by atoms with Crippen molar-refractivity contribution in [3.8, 4) is 0 Å². The molecule has 0 bridgehead atoms. The average Bonchev–Trinajstić information content (AvgIpc) is 2.97. The molecule has 1 aliphatic rings. The highest BCUT2D eigenvalue weighted by Crippen LogP contribution is 2.35. The molecule has 2 N–H and O–H groups in total. The normalized spacial score (nSPS) is 17.3. The number of aryl methyl sites for hydroxylation is 1. The van der Waals surface area contributed by atoms with E-state index < -0.39 is 0 Å². The van der Waals surface area contributed by atoms with Gasteiger partial charge in [-0.05, 0) is 54.9 Å².